The largest absolute Gasteiger partial charge is 0.393 e. The van der Waals surface area contributed by atoms with Gasteiger partial charge in [0.15, 0.2) is 0 Å². The minimum Gasteiger partial charge on any atom is -0.393 e. The minimum atomic E-state index is -0.825. The number of carbonyl (C=O) groups excluding carboxylic acids is 2. The van der Waals surface area contributed by atoms with Crippen LogP contribution in [0.2, 0.25) is 0 Å². The molecule has 2 atom stereocenters. The molecule has 6 nitrogen and oxygen atoms in total. The summed E-state index contributed by atoms with van der Waals surface area (Å²) in [7, 11) is 0. The summed E-state index contributed by atoms with van der Waals surface area (Å²) in [5.41, 5.74) is 10.8. The molecule has 0 aliphatic carbocycles. The molecular weight excluding hydrogens is 212 g/mol. The Morgan fingerprint density at radius 1 is 1.38 bits per heavy atom. The van der Waals surface area contributed by atoms with Gasteiger partial charge in [-0.25, -0.2) is 4.79 Å². The molecule has 0 rings (SSSR count). The molecular formula is C10H20N2O4. The van der Waals surface area contributed by atoms with E-state index in [2.05, 4.69) is 4.74 Å². The van der Waals surface area contributed by atoms with Crippen LogP contribution in [0.4, 0.5) is 0 Å². The summed E-state index contributed by atoms with van der Waals surface area (Å²) >= 11 is 0. The predicted molar refractivity (Wildman–Crippen MR) is 58.3 cm³/mol. The molecule has 0 spiro atoms. The van der Waals surface area contributed by atoms with Gasteiger partial charge in [0.25, 0.3) is 0 Å². The maximum Gasteiger partial charge on any atom is 0.330 e. The van der Waals surface area contributed by atoms with Gasteiger partial charge in [0.1, 0.15) is 6.04 Å². The lowest BCUT2D eigenvalue weighted by Gasteiger charge is -2.10. The Balaban J connectivity index is 3.82. The highest BCUT2D eigenvalue weighted by atomic mass is 16.6. The van der Waals surface area contributed by atoms with E-state index in [0.29, 0.717) is 13.0 Å². The number of rotatable bonds is 7. The summed E-state index contributed by atoms with van der Waals surface area (Å²) in [5.74, 6) is -1.50. The Hall–Kier alpha value is -0.980. The van der Waals surface area contributed by atoms with Crippen molar-refractivity contribution < 1.29 is 19.4 Å². The molecule has 0 aromatic heterocycles. The van der Waals surface area contributed by atoms with Gasteiger partial charge in [0, 0.05) is 0 Å². The van der Waals surface area contributed by atoms with Gasteiger partial charge < -0.3 is 21.3 Å². The smallest absolute Gasteiger partial charge is 0.330 e. The molecule has 0 bridgehead atoms. The maximum absolute atomic E-state index is 11.2. The van der Waals surface area contributed by atoms with E-state index in [1.807, 2.05) is 0 Å². The van der Waals surface area contributed by atoms with Gasteiger partial charge in [-0.3, -0.25) is 4.79 Å². The van der Waals surface area contributed by atoms with Crippen LogP contribution >= 0.6 is 0 Å². The molecule has 16 heavy (non-hydrogen) atoms. The first-order valence-electron chi connectivity index (χ1n) is 5.35. The first-order valence-corrected chi connectivity index (χ1v) is 5.35. The summed E-state index contributed by atoms with van der Waals surface area (Å²) in [6.07, 6.45) is 0.910. The van der Waals surface area contributed by atoms with E-state index < -0.39 is 24.1 Å². The van der Waals surface area contributed by atoms with Crippen molar-refractivity contribution in [3.63, 3.8) is 0 Å². The Morgan fingerprint density at radius 3 is 2.50 bits per heavy atom. The van der Waals surface area contributed by atoms with Crippen LogP contribution in [-0.4, -0.2) is 35.7 Å². The lowest BCUT2D eigenvalue weighted by atomic mass is 10.1. The molecule has 0 radical (unpaired) electrons. The second kappa shape index (κ2) is 8.20. The first-order chi connectivity index (χ1) is 7.47. The second-order valence-corrected chi connectivity index (χ2v) is 3.74. The van der Waals surface area contributed by atoms with Crippen molar-refractivity contribution in [2.75, 3.05) is 6.54 Å². The third-order valence-corrected chi connectivity index (χ3v) is 1.95. The number of carbonyl (C=O) groups is 2. The highest BCUT2D eigenvalue weighted by Crippen LogP contribution is 2.01. The van der Waals surface area contributed by atoms with Crippen LogP contribution in [0.1, 0.15) is 32.6 Å². The third kappa shape index (κ3) is 7.33. The number of ether oxygens (including phenoxy) is 1. The Labute approximate surface area is 94.9 Å². The zero-order valence-electron chi connectivity index (χ0n) is 9.52. The highest BCUT2D eigenvalue weighted by Gasteiger charge is 2.19. The average molecular weight is 232 g/mol. The fraction of sp³-hybridized carbons (Fsp3) is 0.800. The molecule has 0 aliphatic heterocycles. The van der Waals surface area contributed by atoms with Crippen LogP contribution < -0.4 is 11.5 Å². The van der Waals surface area contributed by atoms with Crippen LogP contribution in [-0.2, 0) is 14.3 Å². The van der Waals surface area contributed by atoms with Crippen molar-refractivity contribution in [1.82, 2.24) is 0 Å². The number of esters is 2. The normalized spacial score (nSPS) is 14.2. The number of aliphatic hydroxyl groups excluding tert-OH is 1. The topological polar surface area (TPSA) is 116 Å². The number of nitrogens with two attached hydrogens (primary N) is 2. The lowest BCUT2D eigenvalue weighted by Crippen LogP contribution is -2.34. The monoisotopic (exact) mass is 232 g/mol. The number of unbranched alkanes of at least 4 members (excludes halogenated alkanes) is 1. The zero-order valence-corrected chi connectivity index (χ0v) is 9.52. The minimum absolute atomic E-state index is 0.207. The van der Waals surface area contributed by atoms with Gasteiger partial charge in [0.05, 0.1) is 12.5 Å². The quantitative estimate of drug-likeness (QED) is 0.303. The van der Waals surface area contributed by atoms with E-state index in [-0.39, 0.29) is 6.42 Å². The summed E-state index contributed by atoms with van der Waals surface area (Å²) in [4.78, 5) is 22.3. The third-order valence-electron chi connectivity index (χ3n) is 1.95. The van der Waals surface area contributed by atoms with Gasteiger partial charge in [-0.05, 0) is 26.3 Å². The standard InChI is InChI=1S/C10H20N2O4/c1-7(13)6-9(14)16-10(15)8(12)4-2-3-5-11/h7-8,13H,2-6,11-12H2,1H3/t7?,8-/m0/s1. The number of hydrogen-bond donors (Lipinski definition) is 3. The maximum atomic E-state index is 11.2. The molecule has 6 heteroatoms. The lowest BCUT2D eigenvalue weighted by molar-refractivity contribution is -0.161. The molecule has 1 unspecified atom stereocenters. The Morgan fingerprint density at radius 2 is 2.00 bits per heavy atom. The molecule has 0 aromatic rings. The van der Waals surface area contributed by atoms with E-state index in [4.69, 9.17) is 16.6 Å². The van der Waals surface area contributed by atoms with Crippen LogP contribution in [0.3, 0.4) is 0 Å². The predicted octanol–water partition coefficient (Wildman–Crippen LogP) is -0.717. The molecule has 0 aromatic carbocycles. The molecule has 5 N–H and O–H groups in total. The molecule has 0 saturated carbocycles. The van der Waals surface area contributed by atoms with Crippen LogP contribution in [0.5, 0.6) is 0 Å². The van der Waals surface area contributed by atoms with Crippen LogP contribution in [0.15, 0.2) is 0 Å². The number of aliphatic hydroxyl groups is 1. The molecule has 0 heterocycles. The SMILES string of the molecule is CC(O)CC(=O)OC(=O)[C@@H](N)CCCCN. The molecule has 0 saturated heterocycles. The zero-order chi connectivity index (χ0) is 12.6. The van der Waals surface area contributed by atoms with E-state index in [9.17, 15) is 9.59 Å². The van der Waals surface area contributed by atoms with Crippen molar-refractivity contribution in [3.8, 4) is 0 Å². The summed E-state index contributed by atoms with van der Waals surface area (Å²) in [6, 6.07) is -0.801. The van der Waals surface area contributed by atoms with Crippen molar-refractivity contribution >= 4 is 11.9 Å². The number of hydrogen-bond acceptors (Lipinski definition) is 6. The average Bonchev–Trinajstić information content (AvgIpc) is 2.16. The van der Waals surface area contributed by atoms with Gasteiger partial charge in [-0.2, -0.15) is 0 Å². The second-order valence-electron chi connectivity index (χ2n) is 3.74. The van der Waals surface area contributed by atoms with Gasteiger partial charge in [0.2, 0.25) is 0 Å². The molecule has 0 aliphatic rings. The van der Waals surface area contributed by atoms with Crippen molar-refractivity contribution in [1.29, 1.82) is 0 Å². The fourth-order valence-electron chi connectivity index (χ4n) is 1.10. The molecule has 0 amide bonds. The molecule has 94 valence electrons. The van der Waals surface area contributed by atoms with E-state index >= 15 is 0 Å². The van der Waals surface area contributed by atoms with E-state index in [1.54, 1.807) is 0 Å². The highest BCUT2D eigenvalue weighted by molar-refractivity contribution is 5.88. The van der Waals surface area contributed by atoms with E-state index in [1.165, 1.54) is 6.92 Å². The Bertz CT molecular complexity index is 231. The van der Waals surface area contributed by atoms with Gasteiger partial charge in [-0.1, -0.05) is 6.42 Å². The van der Waals surface area contributed by atoms with Gasteiger partial charge >= 0.3 is 11.9 Å². The van der Waals surface area contributed by atoms with Crippen molar-refractivity contribution in [3.05, 3.63) is 0 Å². The Kier molecular flexibility index (Phi) is 7.70. The fourth-order valence-corrected chi connectivity index (χ4v) is 1.10. The van der Waals surface area contributed by atoms with Gasteiger partial charge in [-0.15, -0.1) is 0 Å². The summed E-state index contributed by atoms with van der Waals surface area (Å²) in [6.45, 7) is 1.98. The van der Waals surface area contributed by atoms with Crippen molar-refractivity contribution in [2.45, 2.75) is 44.8 Å². The van der Waals surface area contributed by atoms with Crippen LogP contribution in [0, 0.1) is 0 Å². The first kappa shape index (κ1) is 15.0. The van der Waals surface area contributed by atoms with Crippen LogP contribution in [0.25, 0.3) is 0 Å². The summed E-state index contributed by atoms with van der Waals surface area (Å²) in [5, 5.41) is 8.89. The summed E-state index contributed by atoms with van der Waals surface area (Å²) < 4.78 is 4.46. The molecule has 0 fully saturated rings. The van der Waals surface area contributed by atoms with E-state index in [0.717, 1.165) is 12.8 Å². The van der Waals surface area contributed by atoms with Crippen molar-refractivity contribution in [2.24, 2.45) is 11.5 Å².